The number of carboxylic acids is 1. The third kappa shape index (κ3) is 6.79. The fourth-order valence-corrected chi connectivity index (χ4v) is 4.28. The van der Waals surface area contributed by atoms with E-state index < -0.39 is 5.97 Å². The van der Waals surface area contributed by atoms with Crippen molar-refractivity contribution in [3.63, 3.8) is 0 Å². The Hall–Kier alpha value is -2.40. The predicted molar refractivity (Wildman–Crippen MR) is 122 cm³/mol. The summed E-state index contributed by atoms with van der Waals surface area (Å²) in [6.07, 6.45) is 4.87. The maximum atomic E-state index is 14.4. The fraction of sp³-hybridized carbons (Fsp3) is 0.500. The topological polar surface area (TPSA) is 58.6 Å². The minimum atomic E-state index is -0.836. The zero-order valence-electron chi connectivity index (χ0n) is 18.8. The van der Waals surface area contributed by atoms with Gasteiger partial charge in [0, 0.05) is 18.7 Å². The van der Waals surface area contributed by atoms with E-state index in [9.17, 15) is 9.18 Å². The Kier molecular flexibility index (Phi) is 7.71. The van der Waals surface area contributed by atoms with Crippen LogP contribution in [0.5, 0.6) is 5.75 Å². The monoisotopic (exact) mass is 427 g/mol. The van der Waals surface area contributed by atoms with Gasteiger partial charge in [0.2, 0.25) is 0 Å². The molecule has 0 unspecified atom stereocenters. The first-order valence-electron chi connectivity index (χ1n) is 11.2. The zero-order chi connectivity index (χ0) is 22.4. The molecular formula is C26H34FNO3. The molecule has 1 fully saturated rings. The number of carbonyl (C=O) groups is 1. The highest BCUT2D eigenvalue weighted by atomic mass is 19.1. The number of aliphatic carboxylic acids is 1. The summed E-state index contributed by atoms with van der Waals surface area (Å²) in [6, 6.07) is 12.6. The van der Waals surface area contributed by atoms with E-state index in [4.69, 9.17) is 9.84 Å². The third-order valence-electron chi connectivity index (χ3n) is 6.24. The van der Waals surface area contributed by atoms with Crippen LogP contribution in [0.15, 0.2) is 42.5 Å². The van der Waals surface area contributed by atoms with Crippen molar-refractivity contribution in [3.05, 3.63) is 53.8 Å². The summed E-state index contributed by atoms with van der Waals surface area (Å²) in [4.78, 5) is 10.6. The maximum Gasteiger partial charge on any atom is 0.304 e. The average Bonchev–Trinajstić information content (AvgIpc) is 2.72. The molecule has 2 aromatic carbocycles. The van der Waals surface area contributed by atoms with Gasteiger partial charge in [0.1, 0.15) is 11.6 Å². The molecule has 2 aromatic rings. The molecule has 0 radical (unpaired) electrons. The number of benzene rings is 2. The standard InChI is InChI=1S/C26H34FNO3/c1-26(2,3)20-7-11-22(12-8-20)31-21-9-5-19(6-10-21)23-16-18(4-13-24(23)27)17-28-15-14-25(29)30/h4-6,9-10,13,16,20,22,28H,7-8,11-12,14-15,17H2,1-3H3,(H,29,30). The van der Waals surface area contributed by atoms with E-state index >= 15 is 0 Å². The summed E-state index contributed by atoms with van der Waals surface area (Å²) < 4.78 is 20.6. The van der Waals surface area contributed by atoms with Gasteiger partial charge in [0.15, 0.2) is 0 Å². The number of carboxylic acid groups (broad SMARTS) is 1. The third-order valence-corrected chi connectivity index (χ3v) is 6.24. The molecule has 2 N–H and O–H groups in total. The van der Waals surface area contributed by atoms with Crippen molar-refractivity contribution < 1.29 is 19.0 Å². The van der Waals surface area contributed by atoms with Gasteiger partial charge >= 0.3 is 5.97 Å². The SMILES string of the molecule is CC(C)(C)C1CCC(Oc2ccc(-c3cc(CNCCC(=O)O)ccc3F)cc2)CC1. The fourth-order valence-electron chi connectivity index (χ4n) is 4.28. The first-order valence-corrected chi connectivity index (χ1v) is 11.2. The molecule has 5 heteroatoms. The van der Waals surface area contributed by atoms with E-state index in [0.29, 0.717) is 24.1 Å². The number of ether oxygens (including phenoxy) is 1. The Balaban J connectivity index is 1.58. The van der Waals surface area contributed by atoms with E-state index in [2.05, 4.69) is 26.1 Å². The second-order valence-corrected chi connectivity index (χ2v) is 9.62. The molecule has 0 aromatic heterocycles. The summed E-state index contributed by atoms with van der Waals surface area (Å²) in [7, 11) is 0. The minimum Gasteiger partial charge on any atom is -0.490 e. The summed E-state index contributed by atoms with van der Waals surface area (Å²) >= 11 is 0. The predicted octanol–water partition coefficient (Wildman–Crippen LogP) is 6.04. The summed E-state index contributed by atoms with van der Waals surface area (Å²) in [5, 5.41) is 11.8. The zero-order valence-corrected chi connectivity index (χ0v) is 18.8. The molecule has 31 heavy (non-hydrogen) atoms. The highest BCUT2D eigenvalue weighted by Crippen LogP contribution is 2.39. The van der Waals surface area contributed by atoms with Gasteiger partial charge in [-0.3, -0.25) is 4.79 Å². The van der Waals surface area contributed by atoms with Gasteiger partial charge in [-0.05, 0) is 72.4 Å². The van der Waals surface area contributed by atoms with Crippen LogP contribution in [0.4, 0.5) is 4.39 Å². The van der Waals surface area contributed by atoms with E-state index in [-0.39, 0.29) is 18.3 Å². The Morgan fingerprint density at radius 3 is 2.39 bits per heavy atom. The molecule has 0 heterocycles. The van der Waals surface area contributed by atoms with E-state index in [1.807, 2.05) is 30.3 Å². The first kappa shape index (κ1) is 23.3. The van der Waals surface area contributed by atoms with Crippen LogP contribution in [0.1, 0.15) is 58.4 Å². The van der Waals surface area contributed by atoms with Crippen molar-refractivity contribution in [2.75, 3.05) is 6.54 Å². The number of nitrogens with one attached hydrogen (secondary N) is 1. The average molecular weight is 428 g/mol. The molecule has 168 valence electrons. The molecule has 0 atom stereocenters. The first-order chi connectivity index (χ1) is 14.7. The second kappa shape index (κ2) is 10.3. The van der Waals surface area contributed by atoms with Gasteiger partial charge in [-0.25, -0.2) is 4.39 Å². The summed E-state index contributed by atoms with van der Waals surface area (Å²) in [5.41, 5.74) is 2.61. The quantitative estimate of drug-likeness (QED) is 0.504. The molecule has 1 saturated carbocycles. The Morgan fingerprint density at radius 1 is 1.10 bits per heavy atom. The van der Waals surface area contributed by atoms with Crippen molar-refractivity contribution in [2.24, 2.45) is 11.3 Å². The van der Waals surface area contributed by atoms with Crippen LogP contribution in [0.2, 0.25) is 0 Å². The Morgan fingerprint density at radius 2 is 1.77 bits per heavy atom. The van der Waals surface area contributed by atoms with Crippen molar-refractivity contribution >= 4 is 5.97 Å². The van der Waals surface area contributed by atoms with Crippen molar-refractivity contribution in [2.45, 2.75) is 65.5 Å². The van der Waals surface area contributed by atoms with Crippen LogP contribution >= 0.6 is 0 Å². The van der Waals surface area contributed by atoms with Crippen molar-refractivity contribution in [3.8, 4) is 16.9 Å². The summed E-state index contributed by atoms with van der Waals surface area (Å²) in [5.74, 6) is 0.471. The highest BCUT2D eigenvalue weighted by Gasteiger charge is 2.30. The molecule has 4 nitrogen and oxygen atoms in total. The highest BCUT2D eigenvalue weighted by molar-refractivity contribution is 5.67. The molecule has 0 aliphatic heterocycles. The van der Waals surface area contributed by atoms with Crippen LogP contribution < -0.4 is 10.1 Å². The van der Waals surface area contributed by atoms with Gasteiger partial charge in [-0.15, -0.1) is 0 Å². The second-order valence-electron chi connectivity index (χ2n) is 9.62. The lowest BCUT2D eigenvalue weighted by Gasteiger charge is -2.36. The molecule has 0 saturated heterocycles. The van der Waals surface area contributed by atoms with Gasteiger partial charge < -0.3 is 15.2 Å². The normalized spacial score (nSPS) is 19.2. The maximum absolute atomic E-state index is 14.4. The van der Waals surface area contributed by atoms with E-state index in [0.717, 1.165) is 35.6 Å². The molecule has 3 rings (SSSR count). The number of hydrogen-bond acceptors (Lipinski definition) is 3. The Bertz CT molecular complexity index is 865. The van der Waals surface area contributed by atoms with Crippen molar-refractivity contribution in [1.82, 2.24) is 5.32 Å². The molecule has 1 aliphatic rings. The van der Waals surface area contributed by atoms with Gasteiger partial charge in [0.05, 0.1) is 12.5 Å². The number of rotatable bonds is 8. The van der Waals surface area contributed by atoms with Crippen LogP contribution in [0.25, 0.3) is 11.1 Å². The smallest absolute Gasteiger partial charge is 0.304 e. The van der Waals surface area contributed by atoms with Gasteiger partial charge in [0.25, 0.3) is 0 Å². The van der Waals surface area contributed by atoms with Crippen LogP contribution in [-0.4, -0.2) is 23.7 Å². The molecular weight excluding hydrogens is 393 g/mol. The lowest BCUT2D eigenvalue weighted by atomic mass is 9.72. The van der Waals surface area contributed by atoms with Crippen LogP contribution in [0, 0.1) is 17.2 Å². The molecule has 1 aliphatic carbocycles. The van der Waals surface area contributed by atoms with E-state index in [1.54, 1.807) is 6.07 Å². The molecule has 0 bridgehead atoms. The van der Waals surface area contributed by atoms with Crippen molar-refractivity contribution in [1.29, 1.82) is 0 Å². The van der Waals surface area contributed by atoms with Gasteiger partial charge in [-0.2, -0.15) is 0 Å². The summed E-state index contributed by atoms with van der Waals surface area (Å²) in [6.45, 7) is 7.83. The molecule has 0 amide bonds. The number of halogens is 1. The van der Waals surface area contributed by atoms with Gasteiger partial charge in [-0.1, -0.05) is 39.0 Å². The lowest BCUT2D eigenvalue weighted by molar-refractivity contribution is -0.136. The van der Waals surface area contributed by atoms with Crippen LogP contribution in [0.3, 0.4) is 0 Å². The Labute approximate surface area is 184 Å². The minimum absolute atomic E-state index is 0.0629. The van der Waals surface area contributed by atoms with E-state index in [1.165, 1.54) is 18.9 Å². The molecule has 0 spiro atoms. The number of hydrogen-bond donors (Lipinski definition) is 2. The lowest BCUT2D eigenvalue weighted by Crippen LogP contribution is -2.30. The van der Waals surface area contributed by atoms with Crippen LogP contribution in [-0.2, 0) is 11.3 Å². The largest absolute Gasteiger partial charge is 0.490 e.